The average Bonchev–Trinajstić information content (AvgIpc) is 2.84. The molecule has 90 valence electrons. The van der Waals surface area contributed by atoms with E-state index in [-0.39, 0.29) is 0 Å². The molecule has 1 aliphatic rings. The minimum absolute atomic E-state index is 0.459. The highest BCUT2D eigenvalue weighted by Gasteiger charge is 2.57. The molecule has 0 spiro atoms. The largest absolute Gasteiger partial charge is 0.349 e. The Bertz CT molecular complexity index is 502. The maximum absolute atomic E-state index is 12.0. The number of rotatable bonds is 1. The summed E-state index contributed by atoms with van der Waals surface area (Å²) >= 11 is 6.89. The van der Waals surface area contributed by atoms with Crippen molar-refractivity contribution in [1.29, 1.82) is 0 Å². The molecule has 2 heterocycles. The lowest BCUT2D eigenvalue weighted by molar-refractivity contribution is -0.137. The van der Waals surface area contributed by atoms with E-state index in [4.69, 9.17) is 11.8 Å². The summed E-state index contributed by atoms with van der Waals surface area (Å²) in [4.78, 5) is 36.8. The summed E-state index contributed by atoms with van der Waals surface area (Å²) in [6.45, 7) is 2.75. The molecule has 0 unspecified atom stereocenters. The van der Waals surface area contributed by atoms with Crippen LogP contribution in [-0.2, 0) is 15.1 Å². The summed E-state index contributed by atoms with van der Waals surface area (Å²) < 4.78 is 0.459. The SMILES string of the molecule is CC(=O)N1C(=O)N(Cl)C(=O)[C@@]1(C)c1cccs1. The Labute approximate surface area is 107 Å². The zero-order valence-corrected chi connectivity index (χ0v) is 10.7. The number of thiophene rings is 1. The number of imide groups is 2. The predicted molar refractivity (Wildman–Crippen MR) is 62.3 cm³/mol. The molecule has 2 rings (SSSR count). The lowest BCUT2D eigenvalue weighted by atomic mass is 9.98. The first kappa shape index (κ1) is 12.1. The predicted octanol–water partition coefficient (Wildman–Crippen LogP) is 1.93. The topological polar surface area (TPSA) is 57.7 Å². The second-order valence-electron chi connectivity index (χ2n) is 3.77. The van der Waals surface area contributed by atoms with E-state index in [1.54, 1.807) is 17.5 Å². The van der Waals surface area contributed by atoms with Crippen LogP contribution in [0, 0.1) is 0 Å². The second-order valence-corrected chi connectivity index (χ2v) is 5.06. The average molecular weight is 273 g/mol. The van der Waals surface area contributed by atoms with Gasteiger partial charge in [0.15, 0.2) is 5.54 Å². The van der Waals surface area contributed by atoms with Gasteiger partial charge in [-0.3, -0.25) is 9.59 Å². The van der Waals surface area contributed by atoms with Gasteiger partial charge in [0.05, 0.1) is 0 Å². The van der Waals surface area contributed by atoms with E-state index in [1.165, 1.54) is 25.2 Å². The van der Waals surface area contributed by atoms with Crippen LogP contribution in [0.3, 0.4) is 0 Å². The molecule has 17 heavy (non-hydrogen) atoms. The fourth-order valence-corrected chi connectivity index (χ4v) is 2.98. The third-order valence-corrected chi connectivity index (χ3v) is 4.10. The fraction of sp³-hybridized carbons (Fsp3) is 0.300. The molecule has 4 amide bonds. The fourth-order valence-electron chi connectivity index (χ4n) is 1.87. The van der Waals surface area contributed by atoms with Crippen LogP contribution < -0.4 is 0 Å². The molecule has 1 saturated heterocycles. The molecule has 0 bridgehead atoms. The van der Waals surface area contributed by atoms with Gasteiger partial charge in [0, 0.05) is 23.6 Å². The zero-order chi connectivity index (χ0) is 12.8. The molecule has 0 saturated carbocycles. The first-order chi connectivity index (χ1) is 7.90. The van der Waals surface area contributed by atoms with Gasteiger partial charge in [-0.05, 0) is 18.4 Å². The number of hydrogen-bond donors (Lipinski definition) is 0. The third kappa shape index (κ3) is 1.48. The van der Waals surface area contributed by atoms with Gasteiger partial charge in [0.1, 0.15) is 0 Å². The van der Waals surface area contributed by atoms with Crippen molar-refractivity contribution in [3.8, 4) is 0 Å². The van der Waals surface area contributed by atoms with Gasteiger partial charge in [-0.2, -0.15) is 4.42 Å². The first-order valence-corrected chi connectivity index (χ1v) is 6.01. The smallest absolute Gasteiger partial charge is 0.275 e. The number of urea groups is 1. The molecule has 1 atom stereocenters. The number of carbonyl (C=O) groups is 3. The van der Waals surface area contributed by atoms with Gasteiger partial charge in [-0.1, -0.05) is 6.07 Å². The van der Waals surface area contributed by atoms with Crippen molar-refractivity contribution in [3.63, 3.8) is 0 Å². The van der Waals surface area contributed by atoms with Crippen LogP contribution >= 0.6 is 23.1 Å². The van der Waals surface area contributed by atoms with E-state index >= 15 is 0 Å². The molecule has 1 aromatic heterocycles. The van der Waals surface area contributed by atoms with Crippen molar-refractivity contribution in [2.75, 3.05) is 0 Å². The summed E-state index contributed by atoms with van der Waals surface area (Å²) in [5, 5.41) is 1.77. The monoisotopic (exact) mass is 272 g/mol. The molecule has 7 heteroatoms. The van der Waals surface area contributed by atoms with Crippen LogP contribution in [0.2, 0.25) is 0 Å². The van der Waals surface area contributed by atoms with Crippen molar-refractivity contribution in [1.82, 2.24) is 9.32 Å². The van der Waals surface area contributed by atoms with Crippen LogP contribution in [0.1, 0.15) is 18.7 Å². The minimum Gasteiger partial charge on any atom is -0.275 e. The molecular weight excluding hydrogens is 264 g/mol. The minimum atomic E-state index is -1.33. The number of halogens is 1. The molecular formula is C10H9ClN2O3S. The number of hydrogen-bond acceptors (Lipinski definition) is 4. The van der Waals surface area contributed by atoms with Crippen LogP contribution in [0.4, 0.5) is 4.79 Å². The zero-order valence-electron chi connectivity index (χ0n) is 9.14. The highest BCUT2D eigenvalue weighted by atomic mass is 35.5. The Morgan fingerprint density at radius 3 is 2.59 bits per heavy atom. The quantitative estimate of drug-likeness (QED) is 0.580. The molecule has 5 nitrogen and oxygen atoms in total. The van der Waals surface area contributed by atoms with Crippen LogP contribution in [0.15, 0.2) is 17.5 Å². The van der Waals surface area contributed by atoms with Crippen molar-refractivity contribution in [2.45, 2.75) is 19.4 Å². The third-order valence-electron chi connectivity index (χ3n) is 2.72. The van der Waals surface area contributed by atoms with E-state index in [0.29, 0.717) is 9.30 Å². The van der Waals surface area contributed by atoms with E-state index in [1.807, 2.05) is 0 Å². The van der Waals surface area contributed by atoms with Gasteiger partial charge in [-0.25, -0.2) is 9.69 Å². The Hall–Kier alpha value is -1.40. The van der Waals surface area contributed by atoms with Crippen molar-refractivity contribution >= 4 is 41.0 Å². The number of amides is 4. The maximum atomic E-state index is 12.0. The molecule has 1 aliphatic heterocycles. The lowest BCUT2D eigenvalue weighted by Gasteiger charge is -2.27. The van der Waals surface area contributed by atoms with Gasteiger partial charge in [-0.15, -0.1) is 11.3 Å². The number of nitrogens with zero attached hydrogens (tertiary/aromatic N) is 2. The summed E-state index contributed by atoms with van der Waals surface area (Å²) in [7, 11) is 0. The molecule has 0 N–H and O–H groups in total. The molecule has 1 aromatic rings. The van der Waals surface area contributed by atoms with Crippen LogP contribution in [0.25, 0.3) is 0 Å². The Morgan fingerprint density at radius 1 is 1.47 bits per heavy atom. The first-order valence-electron chi connectivity index (χ1n) is 4.79. The molecule has 1 fully saturated rings. The van der Waals surface area contributed by atoms with E-state index in [9.17, 15) is 14.4 Å². The lowest BCUT2D eigenvalue weighted by Crippen LogP contribution is -2.46. The van der Waals surface area contributed by atoms with Gasteiger partial charge < -0.3 is 0 Å². The van der Waals surface area contributed by atoms with E-state index < -0.39 is 23.4 Å². The highest BCUT2D eigenvalue weighted by Crippen LogP contribution is 2.40. The van der Waals surface area contributed by atoms with Crippen molar-refractivity contribution < 1.29 is 14.4 Å². The highest BCUT2D eigenvalue weighted by molar-refractivity contribution is 7.10. The second kappa shape index (κ2) is 3.82. The number of carbonyl (C=O) groups excluding carboxylic acids is 3. The Balaban J connectivity index is 2.61. The molecule has 0 radical (unpaired) electrons. The van der Waals surface area contributed by atoms with Crippen molar-refractivity contribution in [2.24, 2.45) is 0 Å². The standard InChI is InChI=1S/C10H9ClN2O3S/c1-6(14)12-9(16)13(11)8(15)10(12,2)7-4-3-5-17-7/h3-5H,1-2H3/t10-/m1/s1. The van der Waals surface area contributed by atoms with Gasteiger partial charge in [0.2, 0.25) is 5.91 Å². The van der Waals surface area contributed by atoms with E-state index in [2.05, 4.69) is 0 Å². The van der Waals surface area contributed by atoms with Gasteiger partial charge in [0.25, 0.3) is 5.91 Å². The molecule has 0 aliphatic carbocycles. The summed E-state index contributed by atoms with van der Waals surface area (Å²) in [5.41, 5.74) is -1.33. The summed E-state index contributed by atoms with van der Waals surface area (Å²) in [6, 6.07) is 2.64. The Kier molecular flexibility index (Phi) is 2.71. The summed E-state index contributed by atoms with van der Waals surface area (Å²) in [6.07, 6.45) is 0. The maximum Gasteiger partial charge on any atom is 0.349 e. The van der Waals surface area contributed by atoms with Gasteiger partial charge >= 0.3 is 6.03 Å². The van der Waals surface area contributed by atoms with Crippen LogP contribution in [-0.4, -0.2) is 27.2 Å². The normalized spacial score (nSPS) is 24.6. The Morgan fingerprint density at radius 2 is 2.12 bits per heavy atom. The van der Waals surface area contributed by atoms with Crippen molar-refractivity contribution in [3.05, 3.63) is 22.4 Å². The molecule has 0 aromatic carbocycles. The summed E-state index contributed by atoms with van der Waals surface area (Å²) in [5.74, 6) is -1.12. The van der Waals surface area contributed by atoms with E-state index in [0.717, 1.165) is 4.90 Å². The van der Waals surface area contributed by atoms with Crippen LogP contribution in [0.5, 0.6) is 0 Å².